The number of carbonyl (C=O) groups excluding carboxylic acids is 1. The molecule has 5 rings (SSSR count). The molecule has 0 saturated carbocycles. The fraction of sp³-hybridized carbons (Fsp3) is 0.200. The molecule has 2 aliphatic rings. The Morgan fingerprint density at radius 2 is 1.83 bits per heavy atom. The van der Waals surface area contributed by atoms with Crippen LogP contribution in [0.1, 0.15) is 30.0 Å². The Morgan fingerprint density at radius 1 is 0.966 bits per heavy atom. The van der Waals surface area contributed by atoms with Crippen molar-refractivity contribution in [1.29, 1.82) is 0 Å². The van der Waals surface area contributed by atoms with Crippen molar-refractivity contribution in [2.24, 2.45) is 4.99 Å². The molecule has 0 fully saturated rings. The third-order valence-corrected chi connectivity index (χ3v) is 5.53. The zero-order valence-electron chi connectivity index (χ0n) is 16.4. The largest absolute Gasteiger partial charge is 0.493 e. The molecule has 1 aliphatic carbocycles. The van der Waals surface area contributed by atoms with Crippen LogP contribution in [0.3, 0.4) is 0 Å². The summed E-state index contributed by atoms with van der Waals surface area (Å²) in [6, 6.07) is 20.6. The average molecular weight is 382 g/mol. The number of allylic oxidation sites excluding steroid dienone is 1. The van der Waals surface area contributed by atoms with Crippen molar-refractivity contribution in [2.75, 3.05) is 13.2 Å². The van der Waals surface area contributed by atoms with E-state index in [1.165, 1.54) is 5.56 Å². The molecular formula is C25H22N2O2. The van der Waals surface area contributed by atoms with Gasteiger partial charge in [0.05, 0.1) is 12.3 Å². The highest BCUT2D eigenvalue weighted by molar-refractivity contribution is 6.49. The molecule has 3 aromatic carbocycles. The zero-order valence-corrected chi connectivity index (χ0v) is 16.4. The Hall–Kier alpha value is -3.40. The Balaban J connectivity index is 1.45. The van der Waals surface area contributed by atoms with Crippen molar-refractivity contribution in [3.63, 3.8) is 0 Å². The first kappa shape index (κ1) is 17.7. The Morgan fingerprint density at radius 3 is 2.66 bits per heavy atom. The van der Waals surface area contributed by atoms with Crippen LogP contribution in [0.25, 0.3) is 16.3 Å². The molecule has 0 atom stereocenters. The van der Waals surface area contributed by atoms with Crippen molar-refractivity contribution in [1.82, 2.24) is 5.32 Å². The normalized spacial score (nSPS) is 14.4. The highest BCUT2D eigenvalue weighted by atomic mass is 16.5. The Kier molecular flexibility index (Phi) is 4.39. The van der Waals surface area contributed by atoms with Crippen molar-refractivity contribution in [3.05, 3.63) is 83.1 Å². The molecule has 1 aliphatic heterocycles. The van der Waals surface area contributed by atoms with Crippen LogP contribution in [0.2, 0.25) is 0 Å². The van der Waals surface area contributed by atoms with E-state index in [1.807, 2.05) is 31.2 Å². The van der Waals surface area contributed by atoms with Crippen molar-refractivity contribution in [2.45, 2.75) is 19.8 Å². The first-order chi connectivity index (χ1) is 14.3. The first-order valence-corrected chi connectivity index (χ1v) is 10.1. The number of amides is 1. The fourth-order valence-corrected chi connectivity index (χ4v) is 4.28. The Bertz CT molecular complexity index is 1180. The smallest absolute Gasteiger partial charge is 0.294 e. The van der Waals surface area contributed by atoms with Crippen molar-refractivity contribution in [3.8, 4) is 5.75 Å². The van der Waals surface area contributed by atoms with E-state index in [0.717, 1.165) is 58.3 Å². The lowest BCUT2D eigenvalue weighted by molar-refractivity contribution is -0.114. The monoisotopic (exact) mass is 382 g/mol. The molecule has 0 aromatic heterocycles. The minimum Gasteiger partial charge on any atom is -0.493 e. The number of nitrogens with zero attached hydrogens (tertiary/aromatic N) is 1. The molecule has 3 aromatic rings. The van der Waals surface area contributed by atoms with Gasteiger partial charge in [0.15, 0.2) is 0 Å². The van der Waals surface area contributed by atoms with E-state index in [2.05, 4.69) is 46.7 Å². The minimum atomic E-state index is -0.175. The van der Waals surface area contributed by atoms with E-state index in [4.69, 9.17) is 4.74 Å². The van der Waals surface area contributed by atoms with Gasteiger partial charge in [-0.1, -0.05) is 48.5 Å². The summed E-state index contributed by atoms with van der Waals surface area (Å²) in [6.45, 7) is 3.34. The van der Waals surface area contributed by atoms with Crippen LogP contribution in [0.15, 0.2) is 71.4 Å². The van der Waals surface area contributed by atoms with Gasteiger partial charge in [0, 0.05) is 28.5 Å². The van der Waals surface area contributed by atoms with Crippen LogP contribution < -0.4 is 10.1 Å². The highest BCUT2D eigenvalue weighted by Gasteiger charge is 2.36. The van der Waals surface area contributed by atoms with Crippen LogP contribution in [-0.4, -0.2) is 24.8 Å². The summed E-state index contributed by atoms with van der Waals surface area (Å²) in [4.78, 5) is 17.0. The lowest BCUT2D eigenvalue weighted by Gasteiger charge is -2.11. The van der Waals surface area contributed by atoms with Gasteiger partial charge in [-0.15, -0.1) is 0 Å². The van der Waals surface area contributed by atoms with E-state index in [0.29, 0.717) is 12.3 Å². The van der Waals surface area contributed by atoms with E-state index in [1.54, 1.807) is 0 Å². The predicted octanol–water partition coefficient (Wildman–Crippen LogP) is 4.51. The summed E-state index contributed by atoms with van der Waals surface area (Å²) >= 11 is 0. The maximum atomic E-state index is 12.6. The minimum absolute atomic E-state index is 0.175. The summed E-state index contributed by atoms with van der Waals surface area (Å²) in [7, 11) is 0. The third kappa shape index (κ3) is 2.92. The van der Waals surface area contributed by atoms with Crippen molar-refractivity contribution >= 4 is 28.0 Å². The molecule has 0 bridgehead atoms. The molecule has 4 nitrogen and oxygen atoms in total. The number of carbonyl (C=O) groups is 1. The van der Waals surface area contributed by atoms with Gasteiger partial charge in [-0.2, -0.15) is 0 Å². The number of aryl methyl sites for hydroxylation is 1. The third-order valence-electron chi connectivity index (χ3n) is 5.53. The van der Waals surface area contributed by atoms with Gasteiger partial charge in [-0.3, -0.25) is 4.79 Å². The molecule has 0 radical (unpaired) electrons. The predicted molar refractivity (Wildman–Crippen MR) is 116 cm³/mol. The molecule has 1 N–H and O–H groups in total. The molecule has 4 heteroatoms. The summed E-state index contributed by atoms with van der Waals surface area (Å²) in [5.74, 6) is 0.698. The van der Waals surface area contributed by atoms with Gasteiger partial charge >= 0.3 is 0 Å². The van der Waals surface area contributed by atoms with E-state index in [-0.39, 0.29) is 5.91 Å². The van der Waals surface area contributed by atoms with E-state index in [9.17, 15) is 4.79 Å². The molecule has 1 heterocycles. The standard InChI is InChI=1S/C25H22N2O2/c1-2-29-20-14-13-18-21-17(20)11-6-12-19(21)23-22(18)24(25(28)27-23)26-15-7-10-16-8-4-3-5-9-16/h3-6,8-9,11-14H,2,7,10,15H2,1H3,(H,26,27,28). The zero-order chi connectivity index (χ0) is 19.8. The van der Waals surface area contributed by atoms with Crippen LogP contribution in [0, 0.1) is 0 Å². The van der Waals surface area contributed by atoms with Crippen LogP contribution in [0.4, 0.5) is 0 Å². The van der Waals surface area contributed by atoms with Gasteiger partial charge < -0.3 is 10.1 Å². The first-order valence-electron chi connectivity index (χ1n) is 10.1. The lowest BCUT2D eigenvalue weighted by Crippen LogP contribution is -2.20. The summed E-state index contributed by atoms with van der Waals surface area (Å²) < 4.78 is 5.81. The lowest BCUT2D eigenvalue weighted by atomic mass is 10.0. The maximum absolute atomic E-state index is 12.6. The summed E-state index contributed by atoms with van der Waals surface area (Å²) in [5, 5.41) is 5.57. The molecule has 0 unspecified atom stereocenters. The quantitative estimate of drug-likeness (QED) is 0.612. The topological polar surface area (TPSA) is 50.7 Å². The molecule has 144 valence electrons. The summed E-state index contributed by atoms with van der Waals surface area (Å²) in [5.41, 5.74) is 5.73. The Labute approximate surface area is 169 Å². The highest BCUT2D eigenvalue weighted by Crippen LogP contribution is 2.44. The number of rotatable bonds is 7. The van der Waals surface area contributed by atoms with Crippen LogP contribution >= 0.6 is 0 Å². The van der Waals surface area contributed by atoms with Gasteiger partial charge in [0.2, 0.25) is 0 Å². The molecule has 1 amide bonds. The number of ether oxygens (including phenoxy) is 1. The second-order valence-corrected chi connectivity index (χ2v) is 7.30. The molecule has 0 saturated heterocycles. The van der Waals surface area contributed by atoms with Gasteiger partial charge in [0.1, 0.15) is 11.4 Å². The fourth-order valence-electron chi connectivity index (χ4n) is 4.28. The molecule has 0 spiro atoms. The van der Waals surface area contributed by atoms with Crippen molar-refractivity contribution < 1.29 is 9.53 Å². The maximum Gasteiger partial charge on any atom is 0.294 e. The van der Waals surface area contributed by atoms with Crippen LogP contribution in [-0.2, 0) is 11.2 Å². The number of benzene rings is 3. The molecule has 29 heavy (non-hydrogen) atoms. The second kappa shape index (κ2) is 7.21. The second-order valence-electron chi connectivity index (χ2n) is 7.30. The summed E-state index contributed by atoms with van der Waals surface area (Å²) in [6.07, 6.45) is 1.93. The molecular weight excluding hydrogens is 360 g/mol. The number of nitrogens with one attached hydrogen (secondary N) is 1. The number of hydrogen-bond acceptors (Lipinski definition) is 3. The van der Waals surface area contributed by atoms with E-state index < -0.39 is 0 Å². The number of hydrogen-bond donors (Lipinski definition) is 1. The van der Waals surface area contributed by atoms with Gasteiger partial charge in [0.25, 0.3) is 5.91 Å². The number of fused-ring (bicyclic) bond motifs is 3. The number of aliphatic imine (C=N–C) groups is 1. The van der Waals surface area contributed by atoms with Gasteiger partial charge in [-0.05, 0) is 43.0 Å². The average Bonchev–Trinajstić information content (AvgIpc) is 3.23. The van der Waals surface area contributed by atoms with E-state index >= 15 is 0 Å². The van der Waals surface area contributed by atoms with Crippen LogP contribution in [0.5, 0.6) is 5.75 Å². The van der Waals surface area contributed by atoms with Gasteiger partial charge in [-0.25, -0.2) is 4.99 Å². The SMILES string of the molecule is CCOc1ccc2c3c(cccc13)C1=NC(=O)C(NCCCc3ccccc3)=C12.